The molecule has 6 nitrogen and oxygen atoms in total. The number of nitrogens with one attached hydrogen (secondary N) is 1. The van der Waals surface area contributed by atoms with Crippen LogP contribution in [0.25, 0.3) is 0 Å². The molecule has 58 heavy (non-hydrogen) atoms. The summed E-state index contributed by atoms with van der Waals surface area (Å²) < 4.78 is 5.88. The highest BCUT2D eigenvalue weighted by molar-refractivity contribution is 5.77. The van der Waals surface area contributed by atoms with Crippen molar-refractivity contribution in [3.63, 3.8) is 0 Å². The number of esters is 1. The summed E-state index contributed by atoms with van der Waals surface area (Å²) in [5, 5.41) is 23.7. The number of unbranched alkanes of at least 4 members (excludes halogenated alkanes) is 23. The minimum atomic E-state index is -0.795. The first-order chi connectivity index (χ1) is 28.5. The average molecular weight is 810 g/mol. The number of amides is 1. The highest BCUT2D eigenvalue weighted by Crippen LogP contribution is 2.17. The monoisotopic (exact) mass is 810 g/mol. The summed E-state index contributed by atoms with van der Waals surface area (Å²) in [6.45, 7) is 6.30. The van der Waals surface area contributed by atoms with Crippen molar-refractivity contribution >= 4 is 11.9 Å². The molecular formula is C52H91NO5. The van der Waals surface area contributed by atoms with Gasteiger partial charge in [-0.3, -0.25) is 9.59 Å². The molecule has 1 amide bonds. The normalized spacial score (nSPS) is 13.9. The number of hydrogen-bond donors (Lipinski definition) is 3. The third-order valence-electron chi connectivity index (χ3n) is 10.7. The quantitative estimate of drug-likeness (QED) is 0.0324. The van der Waals surface area contributed by atoms with E-state index < -0.39 is 18.2 Å². The van der Waals surface area contributed by atoms with Gasteiger partial charge in [0.25, 0.3) is 0 Å². The van der Waals surface area contributed by atoms with Gasteiger partial charge in [0.2, 0.25) is 5.91 Å². The largest absolute Gasteiger partial charge is 0.462 e. The van der Waals surface area contributed by atoms with E-state index >= 15 is 0 Å². The van der Waals surface area contributed by atoms with Crippen LogP contribution < -0.4 is 5.32 Å². The van der Waals surface area contributed by atoms with Crippen LogP contribution in [-0.4, -0.2) is 46.9 Å². The van der Waals surface area contributed by atoms with Crippen molar-refractivity contribution < 1.29 is 24.5 Å². The SMILES string of the molecule is CC\C=C/C=C/C=C/C=C\C=C\C=C\CCCCCC(=O)OC(CCCCCCCCCC)CC(=O)NC(CO)C(O)CCCCCCCCCCCCCCCC. The second-order valence-electron chi connectivity index (χ2n) is 16.3. The van der Waals surface area contributed by atoms with Crippen LogP contribution in [0.5, 0.6) is 0 Å². The molecule has 0 rings (SSSR count). The number of hydrogen-bond acceptors (Lipinski definition) is 5. The van der Waals surface area contributed by atoms with E-state index in [1.54, 1.807) is 0 Å². The van der Waals surface area contributed by atoms with Gasteiger partial charge in [0.15, 0.2) is 0 Å². The molecule has 0 aromatic rings. The van der Waals surface area contributed by atoms with E-state index in [0.29, 0.717) is 19.3 Å². The maximum atomic E-state index is 13.1. The predicted molar refractivity (Wildman–Crippen MR) is 250 cm³/mol. The third-order valence-corrected chi connectivity index (χ3v) is 10.7. The summed E-state index contributed by atoms with van der Waals surface area (Å²) in [6, 6.07) is -0.710. The first kappa shape index (κ1) is 55.3. The molecule has 0 aliphatic rings. The Hall–Kier alpha value is -2.70. The minimum Gasteiger partial charge on any atom is -0.462 e. The minimum absolute atomic E-state index is 0.0573. The fraction of sp³-hybridized carbons (Fsp3) is 0.731. The number of allylic oxidation sites excluding steroid dienone is 12. The van der Waals surface area contributed by atoms with Crippen LogP contribution in [0.15, 0.2) is 72.9 Å². The number of carbonyl (C=O) groups excluding carboxylic acids is 2. The predicted octanol–water partition coefficient (Wildman–Crippen LogP) is 14.2. The molecule has 334 valence electrons. The van der Waals surface area contributed by atoms with Gasteiger partial charge in [-0.05, 0) is 44.9 Å². The second-order valence-corrected chi connectivity index (χ2v) is 16.3. The summed E-state index contributed by atoms with van der Waals surface area (Å²) in [6.07, 6.45) is 56.7. The van der Waals surface area contributed by atoms with Crippen molar-refractivity contribution in [3.05, 3.63) is 72.9 Å². The fourth-order valence-electron chi connectivity index (χ4n) is 7.05. The van der Waals surface area contributed by atoms with Crippen LogP contribution in [0.3, 0.4) is 0 Å². The van der Waals surface area contributed by atoms with E-state index in [-0.39, 0.29) is 24.9 Å². The zero-order chi connectivity index (χ0) is 42.4. The van der Waals surface area contributed by atoms with Gasteiger partial charge in [-0.25, -0.2) is 0 Å². The highest BCUT2D eigenvalue weighted by atomic mass is 16.5. The molecule has 0 bridgehead atoms. The van der Waals surface area contributed by atoms with Crippen molar-refractivity contribution in [3.8, 4) is 0 Å². The smallest absolute Gasteiger partial charge is 0.306 e. The molecule has 3 unspecified atom stereocenters. The van der Waals surface area contributed by atoms with Gasteiger partial charge >= 0.3 is 5.97 Å². The van der Waals surface area contributed by atoms with Crippen molar-refractivity contribution in [1.82, 2.24) is 5.32 Å². The summed E-state index contributed by atoms with van der Waals surface area (Å²) in [5.74, 6) is -0.530. The van der Waals surface area contributed by atoms with E-state index in [0.717, 1.165) is 70.6 Å². The molecule has 0 fully saturated rings. The first-order valence-corrected chi connectivity index (χ1v) is 24.2. The van der Waals surface area contributed by atoms with Gasteiger partial charge in [0.1, 0.15) is 6.10 Å². The van der Waals surface area contributed by atoms with E-state index in [1.807, 2.05) is 54.7 Å². The summed E-state index contributed by atoms with van der Waals surface area (Å²) in [4.78, 5) is 26.0. The summed E-state index contributed by atoms with van der Waals surface area (Å²) >= 11 is 0. The topological polar surface area (TPSA) is 95.9 Å². The van der Waals surface area contributed by atoms with E-state index in [4.69, 9.17) is 4.74 Å². The zero-order valence-electron chi connectivity index (χ0n) is 37.9. The number of rotatable bonds is 42. The summed E-state index contributed by atoms with van der Waals surface area (Å²) in [7, 11) is 0. The van der Waals surface area contributed by atoms with Crippen molar-refractivity contribution in [2.45, 2.75) is 238 Å². The molecule has 0 saturated carbocycles. The standard InChI is InChI=1S/C52H91NO5/c1-4-7-10-13-16-19-21-23-25-26-27-29-31-33-36-39-42-45-52(57)58-48(43-40-37-34-18-15-12-9-6-3)46-51(56)53-49(47-54)50(55)44-41-38-35-32-30-28-24-22-20-17-14-11-8-5-2/h7,10,13,16,19,21,23,25-27,29,31,48-50,54-55H,4-6,8-9,11-12,14-15,17-18,20,22,24,28,30,32-47H2,1-3H3,(H,53,56)/b10-7-,16-13+,21-19+,25-23-,27-26+,31-29+. The molecule has 0 saturated heterocycles. The number of carbonyl (C=O) groups is 2. The third kappa shape index (κ3) is 40.1. The Labute approximate surface area is 358 Å². The van der Waals surface area contributed by atoms with E-state index in [9.17, 15) is 19.8 Å². The molecule has 0 spiro atoms. The lowest BCUT2D eigenvalue weighted by Crippen LogP contribution is -2.46. The summed E-state index contributed by atoms with van der Waals surface area (Å²) in [5.41, 5.74) is 0. The van der Waals surface area contributed by atoms with Gasteiger partial charge < -0.3 is 20.3 Å². The molecule has 3 atom stereocenters. The molecule has 0 radical (unpaired) electrons. The van der Waals surface area contributed by atoms with Crippen LogP contribution in [0.1, 0.15) is 220 Å². The molecule has 6 heteroatoms. The molecule has 0 aliphatic heterocycles. The van der Waals surface area contributed by atoms with Crippen molar-refractivity contribution in [2.24, 2.45) is 0 Å². The molecular weight excluding hydrogens is 719 g/mol. The Morgan fingerprint density at radius 2 is 0.931 bits per heavy atom. The van der Waals surface area contributed by atoms with Gasteiger partial charge in [-0.1, -0.05) is 235 Å². The van der Waals surface area contributed by atoms with Gasteiger partial charge in [0, 0.05) is 6.42 Å². The Kier molecular flexibility index (Phi) is 43.3. The van der Waals surface area contributed by atoms with E-state index in [2.05, 4.69) is 44.3 Å². The molecule has 3 N–H and O–H groups in total. The second kappa shape index (κ2) is 45.4. The van der Waals surface area contributed by atoms with Crippen molar-refractivity contribution in [2.75, 3.05) is 6.61 Å². The number of aliphatic hydroxyl groups is 2. The maximum absolute atomic E-state index is 13.1. The van der Waals surface area contributed by atoms with Crippen LogP contribution in [0.2, 0.25) is 0 Å². The lowest BCUT2D eigenvalue weighted by molar-refractivity contribution is -0.151. The van der Waals surface area contributed by atoms with Crippen molar-refractivity contribution in [1.29, 1.82) is 0 Å². The zero-order valence-corrected chi connectivity index (χ0v) is 37.9. The molecule has 0 aromatic heterocycles. The number of ether oxygens (including phenoxy) is 1. The van der Waals surface area contributed by atoms with Gasteiger partial charge in [-0.15, -0.1) is 0 Å². The lowest BCUT2D eigenvalue weighted by atomic mass is 10.0. The van der Waals surface area contributed by atoms with Crippen LogP contribution >= 0.6 is 0 Å². The Morgan fingerprint density at radius 1 is 0.517 bits per heavy atom. The van der Waals surface area contributed by atoms with Crippen LogP contribution in [-0.2, 0) is 14.3 Å². The fourth-order valence-corrected chi connectivity index (χ4v) is 7.05. The number of aliphatic hydroxyl groups excluding tert-OH is 2. The average Bonchev–Trinajstić information content (AvgIpc) is 3.22. The van der Waals surface area contributed by atoms with Gasteiger partial charge in [0.05, 0.1) is 25.2 Å². The Balaban J connectivity index is 4.54. The van der Waals surface area contributed by atoms with Gasteiger partial charge in [-0.2, -0.15) is 0 Å². The van der Waals surface area contributed by atoms with Crippen LogP contribution in [0.4, 0.5) is 0 Å². The Morgan fingerprint density at radius 3 is 1.40 bits per heavy atom. The van der Waals surface area contributed by atoms with Crippen LogP contribution in [0, 0.1) is 0 Å². The first-order valence-electron chi connectivity index (χ1n) is 24.2. The molecule has 0 aromatic carbocycles. The van der Waals surface area contributed by atoms with E-state index in [1.165, 1.54) is 103 Å². The molecule has 0 heterocycles. The maximum Gasteiger partial charge on any atom is 0.306 e. The highest BCUT2D eigenvalue weighted by Gasteiger charge is 2.24. The lowest BCUT2D eigenvalue weighted by Gasteiger charge is -2.24. The molecule has 0 aliphatic carbocycles. The Bertz CT molecular complexity index is 1090.